The van der Waals surface area contributed by atoms with Gasteiger partial charge < -0.3 is 19.5 Å². The number of carboxylic acid groups (broad SMARTS) is 1. The third kappa shape index (κ3) is 7.34. The first-order chi connectivity index (χ1) is 21.4. The molecule has 1 atom stereocenters. The number of ether oxygens (including phenoxy) is 2. The van der Waals surface area contributed by atoms with Crippen LogP contribution in [0.4, 0.5) is 10.2 Å². The second-order valence-corrected chi connectivity index (χ2v) is 14.4. The molecule has 0 amide bonds. The Labute approximate surface area is 265 Å². The Balaban J connectivity index is 1.45. The number of rotatable bonds is 4. The fraction of sp³-hybridized carbons (Fsp3) is 0.629. The molecule has 10 heteroatoms. The highest BCUT2D eigenvalue weighted by molar-refractivity contribution is 5.78. The number of aryl methyl sites for hydroxylation is 2. The number of carboxylic acids is 1. The monoisotopic (exact) mass is 621 g/mol. The number of benzene rings is 1. The lowest BCUT2D eigenvalue weighted by Gasteiger charge is -2.41. The van der Waals surface area contributed by atoms with Crippen molar-refractivity contribution in [1.29, 1.82) is 0 Å². The average molecular weight is 622 g/mol. The van der Waals surface area contributed by atoms with Crippen LogP contribution in [0.1, 0.15) is 107 Å². The zero-order valence-electron chi connectivity index (χ0n) is 27.4. The number of aliphatic carboxylic acids is 1. The van der Waals surface area contributed by atoms with Gasteiger partial charge in [0.05, 0.1) is 22.5 Å². The van der Waals surface area contributed by atoms with E-state index in [1.807, 2.05) is 44.3 Å². The van der Waals surface area contributed by atoms with Crippen LogP contribution < -0.4 is 4.90 Å². The Hall–Kier alpha value is -3.08. The minimum Gasteiger partial charge on any atom is -0.479 e. The van der Waals surface area contributed by atoms with E-state index in [0.29, 0.717) is 49.2 Å². The molecule has 1 N–H and O–H groups in total. The smallest absolute Gasteiger partial charge is 0.337 e. The van der Waals surface area contributed by atoms with Gasteiger partial charge in [0.25, 0.3) is 0 Å². The summed E-state index contributed by atoms with van der Waals surface area (Å²) in [6.07, 6.45) is 6.53. The van der Waals surface area contributed by atoms with Crippen LogP contribution in [0.5, 0.6) is 0 Å². The highest BCUT2D eigenvalue weighted by atomic mass is 19.1. The molecule has 244 valence electrons. The second-order valence-electron chi connectivity index (χ2n) is 14.4. The summed E-state index contributed by atoms with van der Waals surface area (Å²) in [6.45, 7) is 13.1. The highest BCUT2D eigenvalue weighted by Crippen LogP contribution is 2.38. The second kappa shape index (κ2) is 12.6. The molecule has 3 aliphatic heterocycles. The summed E-state index contributed by atoms with van der Waals surface area (Å²) in [5.74, 6) is -0.500. The molecule has 1 aliphatic carbocycles. The summed E-state index contributed by atoms with van der Waals surface area (Å²) in [7, 11) is 0. The number of anilines is 1. The number of hydrogen-bond donors (Lipinski definition) is 1. The third-order valence-corrected chi connectivity index (χ3v) is 9.44. The summed E-state index contributed by atoms with van der Waals surface area (Å²) in [4.78, 5) is 22.4. The number of nitrogens with zero attached hydrogens (tertiary/aromatic N) is 5. The van der Waals surface area contributed by atoms with Crippen molar-refractivity contribution >= 4 is 17.4 Å². The van der Waals surface area contributed by atoms with Crippen molar-refractivity contribution in [2.45, 2.75) is 122 Å². The summed E-state index contributed by atoms with van der Waals surface area (Å²) >= 11 is 0. The molecule has 0 spiro atoms. The van der Waals surface area contributed by atoms with E-state index in [2.05, 4.69) is 16.7 Å². The van der Waals surface area contributed by atoms with Gasteiger partial charge in [0.15, 0.2) is 11.8 Å². The zero-order valence-corrected chi connectivity index (χ0v) is 27.4. The molecule has 2 fully saturated rings. The topological polar surface area (TPSA) is 92.4 Å². The summed E-state index contributed by atoms with van der Waals surface area (Å²) in [5.41, 5.74) is 4.05. The van der Waals surface area contributed by atoms with E-state index in [1.165, 1.54) is 5.56 Å². The van der Waals surface area contributed by atoms with Crippen LogP contribution in [-0.4, -0.2) is 67.5 Å². The first kappa shape index (κ1) is 31.9. The molecule has 2 aromatic heterocycles. The number of piperidine rings is 1. The lowest BCUT2D eigenvalue weighted by atomic mass is 9.92. The van der Waals surface area contributed by atoms with E-state index in [0.717, 1.165) is 75.0 Å². The third-order valence-electron chi connectivity index (χ3n) is 9.44. The normalized spacial score (nSPS) is 20.9. The maximum Gasteiger partial charge on any atom is 0.337 e. The molecule has 9 nitrogen and oxygen atoms in total. The van der Waals surface area contributed by atoms with Crippen molar-refractivity contribution < 1.29 is 23.8 Å². The average Bonchev–Trinajstić information content (AvgIpc) is 3.74. The quantitative estimate of drug-likeness (QED) is 0.359. The van der Waals surface area contributed by atoms with E-state index in [1.54, 1.807) is 12.1 Å². The Morgan fingerprint density at radius 1 is 1.11 bits per heavy atom. The number of halogens is 1. The van der Waals surface area contributed by atoms with Gasteiger partial charge in [0, 0.05) is 50.6 Å². The Bertz CT molecular complexity index is 1540. The molecule has 7 rings (SSSR count). The van der Waals surface area contributed by atoms with Crippen molar-refractivity contribution in [3.8, 4) is 0 Å². The van der Waals surface area contributed by atoms with Crippen LogP contribution in [0.25, 0.3) is 5.65 Å². The molecular weight excluding hydrogens is 573 g/mol. The predicted molar refractivity (Wildman–Crippen MR) is 171 cm³/mol. The summed E-state index contributed by atoms with van der Waals surface area (Å²) in [5, 5.41) is 15.5. The molecule has 0 unspecified atom stereocenters. The Morgan fingerprint density at radius 3 is 2.56 bits per heavy atom. The first-order valence-electron chi connectivity index (χ1n) is 16.6. The van der Waals surface area contributed by atoms with Crippen LogP contribution in [0.2, 0.25) is 0 Å². The Morgan fingerprint density at radius 2 is 1.87 bits per heavy atom. The van der Waals surface area contributed by atoms with Crippen LogP contribution in [0, 0.1) is 12.7 Å². The molecule has 4 aliphatic rings. The van der Waals surface area contributed by atoms with Gasteiger partial charge >= 0.3 is 5.97 Å². The molecule has 0 radical (unpaired) electrons. The van der Waals surface area contributed by atoms with Gasteiger partial charge in [0.1, 0.15) is 11.6 Å². The van der Waals surface area contributed by atoms with E-state index < -0.39 is 17.7 Å². The fourth-order valence-electron chi connectivity index (χ4n) is 6.85. The van der Waals surface area contributed by atoms with Crippen molar-refractivity contribution in [3.63, 3.8) is 0 Å². The Kier molecular flexibility index (Phi) is 8.93. The van der Waals surface area contributed by atoms with Gasteiger partial charge in [-0.15, -0.1) is 0 Å². The molecule has 4 bridgehead atoms. The van der Waals surface area contributed by atoms with Gasteiger partial charge in [-0.05, 0) is 103 Å². The first-order valence-corrected chi connectivity index (χ1v) is 16.6. The SMILES string of the molecule is Cc1nc2cc3nn2c(c1[C@H](OC(C)(C)C)C(=O)O)N1CCC(C)(CC1)OCCCCCc1cc(F)ccc1CN(C1CC1)C3. The molecule has 1 saturated carbocycles. The van der Waals surface area contributed by atoms with E-state index in [4.69, 9.17) is 19.6 Å². The zero-order chi connectivity index (χ0) is 31.9. The van der Waals surface area contributed by atoms with E-state index in [-0.39, 0.29) is 11.4 Å². The molecule has 1 aromatic carbocycles. The van der Waals surface area contributed by atoms with E-state index in [9.17, 15) is 14.3 Å². The number of carbonyl (C=O) groups is 1. The summed E-state index contributed by atoms with van der Waals surface area (Å²) in [6, 6.07) is 7.70. The van der Waals surface area contributed by atoms with Crippen LogP contribution in [0.3, 0.4) is 0 Å². The van der Waals surface area contributed by atoms with Gasteiger partial charge in [-0.25, -0.2) is 14.2 Å². The van der Waals surface area contributed by atoms with Crippen LogP contribution in [-0.2, 0) is 33.8 Å². The van der Waals surface area contributed by atoms with E-state index >= 15 is 0 Å². The van der Waals surface area contributed by atoms with Gasteiger partial charge in [0.2, 0.25) is 0 Å². The number of aromatic nitrogens is 3. The lowest BCUT2D eigenvalue weighted by molar-refractivity contribution is -0.160. The predicted octanol–water partition coefficient (Wildman–Crippen LogP) is 6.38. The van der Waals surface area contributed by atoms with Crippen LogP contribution in [0.15, 0.2) is 24.3 Å². The minimum atomic E-state index is -1.20. The number of hydrogen-bond acceptors (Lipinski definition) is 7. The molecule has 3 aromatic rings. The van der Waals surface area contributed by atoms with Crippen molar-refractivity contribution in [2.75, 3.05) is 24.6 Å². The standard InChI is InChI=1S/C35H48FN5O4/c1-23-30(31(33(42)43)45-34(2,3)4)32-39-16-14-35(5,15-17-39)44-18-8-6-7-9-24-19-26(36)11-10-25(24)21-40(28-12-13-28)22-27-20-29(37-23)41(32)38-27/h10-11,19-20,28,31H,6-9,12-18,21-22H2,1-5H3,(H,42,43)/t31-/m0/s1. The maximum atomic E-state index is 14.4. The van der Waals surface area contributed by atoms with Gasteiger partial charge in [-0.3, -0.25) is 4.90 Å². The molecule has 5 heterocycles. The molecule has 45 heavy (non-hydrogen) atoms. The van der Waals surface area contributed by atoms with Crippen molar-refractivity contribution in [2.24, 2.45) is 0 Å². The van der Waals surface area contributed by atoms with Gasteiger partial charge in [-0.2, -0.15) is 9.61 Å². The van der Waals surface area contributed by atoms with Crippen LogP contribution >= 0.6 is 0 Å². The highest BCUT2D eigenvalue weighted by Gasteiger charge is 2.38. The fourth-order valence-corrected chi connectivity index (χ4v) is 6.85. The summed E-state index contributed by atoms with van der Waals surface area (Å²) < 4.78 is 28.9. The largest absolute Gasteiger partial charge is 0.479 e. The van der Waals surface area contributed by atoms with Crippen molar-refractivity contribution in [1.82, 2.24) is 19.5 Å². The molecule has 1 saturated heterocycles. The van der Waals surface area contributed by atoms with Gasteiger partial charge in [-0.1, -0.05) is 12.5 Å². The van der Waals surface area contributed by atoms with Crippen molar-refractivity contribution in [3.05, 3.63) is 58.2 Å². The number of fused-ring (bicyclic) bond motifs is 9. The minimum absolute atomic E-state index is 0.188. The lowest BCUT2D eigenvalue weighted by Crippen LogP contribution is -2.46. The maximum absolute atomic E-state index is 14.4. The molecular formula is C35H48FN5O4.